The van der Waals surface area contributed by atoms with Crippen molar-refractivity contribution in [2.45, 2.75) is 11.1 Å². The number of carbonyl (C=O) groups is 1. The monoisotopic (exact) mass is 459 g/mol. The van der Waals surface area contributed by atoms with Crippen LogP contribution in [0, 0.1) is 5.82 Å². The van der Waals surface area contributed by atoms with Gasteiger partial charge < -0.3 is 5.32 Å². The smallest absolute Gasteiger partial charge is 0.351 e. The Hall–Kier alpha value is -2.50. The Morgan fingerprint density at radius 3 is 2.06 bits per heavy atom. The van der Waals surface area contributed by atoms with Crippen molar-refractivity contribution < 1.29 is 30.8 Å². The summed E-state index contributed by atoms with van der Waals surface area (Å²) in [4.78, 5) is 14.1. The zero-order valence-corrected chi connectivity index (χ0v) is 17.2. The van der Waals surface area contributed by atoms with Crippen LogP contribution < -0.4 is 5.32 Å². The zero-order chi connectivity index (χ0) is 22.6. The number of halogens is 4. The number of piperazine rings is 1. The van der Waals surface area contributed by atoms with Crippen molar-refractivity contribution in [3.63, 3.8) is 0 Å². The van der Waals surface area contributed by atoms with Crippen LogP contribution >= 0.6 is 0 Å². The van der Waals surface area contributed by atoms with Gasteiger partial charge in [0.15, 0.2) is 0 Å². The summed E-state index contributed by atoms with van der Waals surface area (Å²) in [7, 11) is -3.70. The van der Waals surface area contributed by atoms with Gasteiger partial charge in [-0.15, -0.1) is 0 Å². The molecule has 1 saturated heterocycles. The number of amides is 1. The van der Waals surface area contributed by atoms with E-state index >= 15 is 0 Å². The standard InChI is InChI=1S/C20H21F4N3O3S/c21-17-5-7-18(8-6-17)31(29,30)27-13-11-26(12-14-27)10-9-25-19(28)15-1-3-16(4-2-15)20(22,23)24/h1-8H,9-14H2,(H,25,28). The van der Waals surface area contributed by atoms with Crippen molar-refractivity contribution in [3.8, 4) is 0 Å². The van der Waals surface area contributed by atoms with E-state index in [0.717, 1.165) is 36.4 Å². The summed E-state index contributed by atoms with van der Waals surface area (Å²) in [5, 5.41) is 2.65. The number of hydrogen-bond acceptors (Lipinski definition) is 4. The van der Waals surface area contributed by atoms with Crippen LogP contribution in [0.3, 0.4) is 0 Å². The molecule has 1 heterocycles. The molecule has 6 nitrogen and oxygen atoms in total. The molecule has 0 aliphatic carbocycles. The molecule has 1 N–H and O–H groups in total. The second-order valence-electron chi connectivity index (χ2n) is 7.03. The van der Waals surface area contributed by atoms with E-state index in [1.165, 1.54) is 16.4 Å². The highest BCUT2D eigenvalue weighted by Crippen LogP contribution is 2.29. The molecule has 2 aromatic rings. The van der Waals surface area contributed by atoms with E-state index in [4.69, 9.17) is 0 Å². The molecule has 31 heavy (non-hydrogen) atoms. The van der Waals surface area contributed by atoms with Crippen molar-refractivity contribution in [1.82, 2.24) is 14.5 Å². The van der Waals surface area contributed by atoms with Gasteiger partial charge in [-0.3, -0.25) is 9.69 Å². The molecule has 11 heteroatoms. The number of sulfonamides is 1. The summed E-state index contributed by atoms with van der Waals surface area (Å²) in [6, 6.07) is 8.62. The Labute approximate surface area is 177 Å². The van der Waals surface area contributed by atoms with Gasteiger partial charge in [-0.2, -0.15) is 17.5 Å². The van der Waals surface area contributed by atoms with Crippen LogP contribution in [0.15, 0.2) is 53.4 Å². The maximum absolute atomic E-state index is 13.0. The molecule has 1 amide bonds. The lowest BCUT2D eigenvalue weighted by Crippen LogP contribution is -2.50. The van der Waals surface area contributed by atoms with Crippen LogP contribution in [0.4, 0.5) is 17.6 Å². The van der Waals surface area contributed by atoms with E-state index < -0.39 is 33.5 Å². The number of nitrogens with zero attached hydrogens (tertiary/aromatic N) is 2. The maximum atomic E-state index is 13.0. The Morgan fingerprint density at radius 2 is 1.52 bits per heavy atom. The minimum Gasteiger partial charge on any atom is -0.351 e. The quantitative estimate of drug-likeness (QED) is 0.675. The van der Waals surface area contributed by atoms with Gasteiger partial charge in [0.2, 0.25) is 10.0 Å². The van der Waals surface area contributed by atoms with Gasteiger partial charge in [0, 0.05) is 44.8 Å². The summed E-state index contributed by atoms with van der Waals surface area (Å²) in [5.41, 5.74) is -0.694. The molecule has 168 valence electrons. The number of rotatable bonds is 6. The summed E-state index contributed by atoms with van der Waals surface area (Å²) < 4.78 is 77.3. The second-order valence-corrected chi connectivity index (χ2v) is 8.97. The molecular formula is C20H21F4N3O3S. The van der Waals surface area contributed by atoms with Crippen LogP contribution in [-0.2, 0) is 16.2 Å². The van der Waals surface area contributed by atoms with Gasteiger partial charge in [-0.1, -0.05) is 0 Å². The van der Waals surface area contributed by atoms with Gasteiger partial charge >= 0.3 is 6.18 Å². The fourth-order valence-electron chi connectivity index (χ4n) is 3.19. The first-order chi connectivity index (χ1) is 14.6. The van der Waals surface area contributed by atoms with E-state index in [2.05, 4.69) is 5.32 Å². The maximum Gasteiger partial charge on any atom is 0.416 e. The van der Waals surface area contributed by atoms with Gasteiger partial charge in [0.05, 0.1) is 10.5 Å². The molecular weight excluding hydrogens is 438 g/mol. The van der Waals surface area contributed by atoms with Crippen LogP contribution in [0.1, 0.15) is 15.9 Å². The van der Waals surface area contributed by atoms with Crippen LogP contribution in [0.2, 0.25) is 0 Å². The van der Waals surface area contributed by atoms with Crippen LogP contribution in [-0.4, -0.2) is 62.8 Å². The Kier molecular flexibility index (Phi) is 6.97. The first-order valence-corrected chi connectivity index (χ1v) is 10.9. The van der Waals surface area contributed by atoms with Gasteiger partial charge in [-0.25, -0.2) is 12.8 Å². The minimum atomic E-state index is -4.46. The Balaban J connectivity index is 1.45. The highest BCUT2D eigenvalue weighted by atomic mass is 32.2. The third-order valence-electron chi connectivity index (χ3n) is 4.97. The first kappa shape index (κ1) is 23.2. The molecule has 0 atom stereocenters. The largest absolute Gasteiger partial charge is 0.416 e. The summed E-state index contributed by atoms with van der Waals surface area (Å²) in [6.07, 6.45) is -4.46. The van der Waals surface area contributed by atoms with Crippen molar-refractivity contribution in [2.75, 3.05) is 39.3 Å². The van der Waals surface area contributed by atoms with E-state index in [-0.39, 0.29) is 30.1 Å². The van der Waals surface area contributed by atoms with E-state index in [1.54, 1.807) is 0 Å². The average Bonchev–Trinajstić information content (AvgIpc) is 2.74. The molecule has 0 aromatic heterocycles. The average molecular weight is 459 g/mol. The zero-order valence-electron chi connectivity index (χ0n) is 16.4. The summed E-state index contributed by atoms with van der Waals surface area (Å²) >= 11 is 0. The first-order valence-electron chi connectivity index (χ1n) is 9.51. The third kappa shape index (κ3) is 5.81. The van der Waals surface area contributed by atoms with Gasteiger partial charge in [0.1, 0.15) is 5.82 Å². The van der Waals surface area contributed by atoms with Crippen LogP contribution in [0.25, 0.3) is 0 Å². The highest BCUT2D eigenvalue weighted by molar-refractivity contribution is 7.89. The lowest BCUT2D eigenvalue weighted by Gasteiger charge is -2.33. The molecule has 1 aliphatic heterocycles. The lowest BCUT2D eigenvalue weighted by molar-refractivity contribution is -0.137. The minimum absolute atomic E-state index is 0.0335. The second kappa shape index (κ2) is 9.33. The molecule has 0 saturated carbocycles. The highest BCUT2D eigenvalue weighted by Gasteiger charge is 2.30. The van der Waals surface area contributed by atoms with E-state index in [0.29, 0.717) is 19.6 Å². The molecule has 2 aromatic carbocycles. The fourth-order valence-corrected chi connectivity index (χ4v) is 4.61. The molecule has 1 fully saturated rings. The lowest BCUT2D eigenvalue weighted by atomic mass is 10.1. The number of nitrogens with one attached hydrogen (secondary N) is 1. The number of alkyl halides is 3. The summed E-state index contributed by atoms with van der Waals surface area (Å²) in [5.74, 6) is -0.992. The Bertz CT molecular complexity index is 1000. The molecule has 3 rings (SSSR count). The molecule has 0 bridgehead atoms. The molecule has 0 radical (unpaired) electrons. The van der Waals surface area contributed by atoms with E-state index in [1.807, 2.05) is 4.90 Å². The fraction of sp³-hybridized carbons (Fsp3) is 0.350. The Morgan fingerprint density at radius 1 is 0.935 bits per heavy atom. The molecule has 0 unspecified atom stereocenters. The van der Waals surface area contributed by atoms with Gasteiger partial charge in [0.25, 0.3) is 5.91 Å². The predicted molar refractivity (Wildman–Crippen MR) is 105 cm³/mol. The van der Waals surface area contributed by atoms with Crippen molar-refractivity contribution in [3.05, 3.63) is 65.5 Å². The molecule has 1 aliphatic rings. The third-order valence-corrected chi connectivity index (χ3v) is 6.88. The SMILES string of the molecule is O=C(NCCN1CCN(S(=O)(=O)c2ccc(F)cc2)CC1)c1ccc(C(F)(F)F)cc1. The van der Waals surface area contributed by atoms with Gasteiger partial charge in [-0.05, 0) is 48.5 Å². The van der Waals surface area contributed by atoms with Crippen LogP contribution in [0.5, 0.6) is 0 Å². The number of benzene rings is 2. The number of carbonyl (C=O) groups excluding carboxylic acids is 1. The van der Waals surface area contributed by atoms with Crippen molar-refractivity contribution >= 4 is 15.9 Å². The normalized spacial score (nSPS) is 16.3. The van der Waals surface area contributed by atoms with Crippen molar-refractivity contribution in [1.29, 1.82) is 0 Å². The predicted octanol–water partition coefficient (Wildman–Crippen LogP) is 2.58. The number of hydrogen-bond donors (Lipinski definition) is 1. The topological polar surface area (TPSA) is 69.7 Å². The van der Waals surface area contributed by atoms with Crippen molar-refractivity contribution in [2.24, 2.45) is 0 Å². The van der Waals surface area contributed by atoms with E-state index in [9.17, 15) is 30.8 Å². The molecule has 0 spiro atoms. The summed E-state index contributed by atoms with van der Waals surface area (Å²) in [6.45, 7) is 2.16.